The molecule has 2 bridgehead atoms. The molecular weight excluding hydrogens is 365 g/mol. The highest BCUT2D eigenvalue weighted by Crippen LogP contribution is 2.71. The standard InChI is InChI=1S/C13H24S3Si4/c1-17(2)13-18(3,4)15-20(14-17,16-19(13,5)6)12-10-8-7-9-11-12/h7-11,13H,1-6H3. The van der Waals surface area contributed by atoms with Crippen LogP contribution in [0.1, 0.15) is 0 Å². The minimum atomic E-state index is -1.44. The van der Waals surface area contributed by atoms with Gasteiger partial charge in [-0.15, -0.1) is 0 Å². The first-order valence-corrected chi connectivity index (χ1v) is 25.3. The van der Waals surface area contributed by atoms with E-state index in [1.165, 1.54) is 0 Å². The Balaban J connectivity index is 2.17. The van der Waals surface area contributed by atoms with Crippen LogP contribution in [0.4, 0.5) is 0 Å². The molecule has 3 saturated heterocycles. The number of hydrogen-bond acceptors (Lipinski definition) is 3. The first-order valence-electron chi connectivity index (χ1n) is 7.25. The van der Waals surface area contributed by atoms with Crippen LogP contribution in [0.3, 0.4) is 0 Å². The van der Waals surface area contributed by atoms with Gasteiger partial charge < -0.3 is 0 Å². The molecule has 0 saturated carbocycles. The van der Waals surface area contributed by atoms with Gasteiger partial charge in [0, 0.05) is 0 Å². The molecule has 0 amide bonds. The zero-order valence-electron chi connectivity index (χ0n) is 13.2. The highest BCUT2D eigenvalue weighted by atomic mass is 32.9. The summed E-state index contributed by atoms with van der Waals surface area (Å²) in [5, 5.41) is 1.71. The van der Waals surface area contributed by atoms with E-state index in [9.17, 15) is 0 Å². The lowest BCUT2D eigenvalue weighted by Crippen LogP contribution is -2.71. The summed E-state index contributed by atoms with van der Waals surface area (Å²) in [6.45, 7) is 16.1. The van der Waals surface area contributed by atoms with Crippen LogP contribution in [0.5, 0.6) is 0 Å². The monoisotopic (exact) mass is 388 g/mol. The van der Waals surface area contributed by atoms with E-state index < -0.39 is 27.2 Å². The van der Waals surface area contributed by atoms with Crippen molar-refractivity contribution >= 4 is 64.4 Å². The molecular formula is C13H24S3Si4. The van der Waals surface area contributed by atoms with Crippen molar-refractivity contribution in [3.05, 3.63) is 30.3 Å². The van der Waals surface area contributed by atoms with Crippen LogP contribution in [0, 0.1) is 0 Å². The minimum Gasteiger partial charge on any atom is -0.181 e. The van der Waals surface area contributed by atoms with Gasteiger partial charge in [-0.3, -0.25) is 0 Å². The van der Waals surface area contributed by atoms with Gasteiger partial charge in [-0.05, 0) is 9.97 Å². The van der Waals surface area contributed by atoms with Crippen LogP contribution in [-0.2, 0) is 0 Å². The van der Waals surface area contributed by atoms with Gasteiger partial charge in [0.1, 0.15) is 21.7 Å². The van der Waals surface area contributed by atoms with Crippen LogP contribution < -0.4 is 5.19 Å². The van der Waals surface area contributed by atoms with Crippen LogP contribution in [-0.4, -0.2) is 27.2 Å². The van der Waals surface area contributed by atoms with E-state index >= 15 is 0 Å². The predicted molar refractivity (Wildman–Crippen MR) is 111 cm³/mol. The molecule has 3 fully saturated rings. The quantitative estimate of drug-likeness (QED) is 0.612. The summed E-state index contributed by atoms with van der Waals surface area (Å²) >= 11 is 0. The van der Waals surface area contributed by atoms with Gasteiger partial charge in [0.05, 0.1) is 0 Å². The van der Waals surface area contributed by atoms with Crippen molar-refractivity contribution in [2.24, 2.45) is 0 Å². The van der Waals surface area contributed by atoms with Gasteiger partial charge in [0.25, 0.3) is 5.52 Å². The second kappa shape index (κ2) is 4.81. The molecule has 0 nitrogen and oxygen atoms in total. The van der Waals surface area contributed by atoms with Crippen molar-refractivity contribution in [2.75, 3.05) is 0 Å². The average Bonchev–Trinajstić information content (AvgIpc) is 2.23. The smallest absolute Gasteiger partial charge is 0.181 e. The molecule has 3 heterocycles. The average molecular weight is 389 g/mol. The topological polar surface area (TPSA) is 0 Å². The molecule has 7 heteroatoms. The summed E-state index contributed by atoms with van der Waals surface area (Å²) in [7, 11) is 4.14. The minimum absolute atomic E-state index is 1.14. The molecule has 3 aliphatic heterocycles. The van der Waals surface area contributed by atoms with Crippen molar-refractivity contribution in [1.82, 2.24) is 0 Å². The number of benzene rings is 1. The molecule has 3 aliphatic rings. The lowest BCUT2D eigenvalue weighted by atomic mass is 10.4. The van der Waals surface area contributed by atoms with Gasteiger partial charge >= 0.3 is 0 Å². The van der Waals surface area contributed by atoms with E-state index in [0.717, 1.165) is 4.79 Å². The molecule has 0 N–H and O–H groups in total. The van der Waals surface area contributed by atoms with E-state index in [-0.39, 0.29) is 0 Å². The molecule has 0 unspecified atom stereocenters. The molecule has 0 aliphatic carbocycles. The fourth-order valence-corrected chi connectivity index (χ4v) is 140. The van der Waals surface area contributed by atoms with Gasteiger partial charge in [-0.1, -0.05) is 69.6 Å². The third kappa shape index (κ3) is 2.41. The fraction of sp³-hybridized carbons (Fsp3) is 0.538. The second-order valence-electron chi connectivity index (χ2n) is 7.47. The molecule has 0 aromatic heterocycles. The molecule has 0 atom stereocenters. The summed E-state index contributed by atoms with van der Waals surface area (Å²) < 4.78 is 0. The zero-order chi connectivity index (χ0) is 14.8. The maximum absolute atomic E-state index is 2.69. The Bertz CT molecular complexity index is 484. The van der Waals surface area contributed by atoms with Crippen LogP contribution in [0.2, 0.25) is 44.1 Å². The summed E-state index contributed by atoms with van der Waals surface area (Å²) in [6, 6.07) is 11.6. The van der Waals surface area contributed by atoms with E-state index in [0.29, 0.717) is 0 Å². The van der Waals surface area contributed by atoms with E-state index in [1.54, 1.807) is 5.19 Å². The molecule has 0 radical (unpaired) electrons. The van der Waals surface area contributed by atoms with E-state index in [2.05, 4.69) is 102 Å². The van der Waals surface area contributed by atoms with Crippen molar-refractivity contribution in [3.8, 4) is 0 Å². The van der Waals surface area contributed by atoms with Crippen molar-refractivity contribution in [3.63, 3.8) is 0 Å². The highest BCUT2D eigenvalue weighted by Gasteiger charge is 2.69. The van der Waals surface area contributed by atoms with Gasteiger partial charge in [0.2, 0.25) is 0 Å². The Morgan fingerprint density at radius 2 is 1.10 bits per heavy atom. The normalized spacial score (nSPS) is 36.8. The van der Waals surface area contributed by atoms with Gasteiger partial charge in [-0.25, -0.2) is 0 Å². The first-order chi connectivity index (χ1) is 9.09. The van der Waals surface area contributed by atoms with Crippen molar-refractivity contribution in [1.29, 1.82) is 0 Å². The molecule has 1 aromatic carbocycles. The summed E-state index contributed by atoms with van der Waals surface area (Å²) in [5.41, 5.74) is -1.44. The Morgan fingerprint density at radius 1 is 0.700 bits per heavy atom. The Hall–Kier alpha value is 1.14. The van der Waals surface area contributed by atoms with Gasteiger partial charge in [-0.2, -0.15) is 32.0 Å². The Labute approximate surface area is 138 Å². The Morgan fingerprint density at radius 3 is 1.50 bits per heavy atom. The SMILES string of the molecule is C[Si]1(C)S[Si]2(c3ccccc3)S[Si](C)(C)C1[Si](C)(C)S2. The van der Waals surface area contributed by atoms with E-state index in [1.807, 2.05) is 0 Å². The number of rotatable bonds is 1. The number of fused-ring (bicyclic) bond motifs is 3. The second-order valence-corrected chi connectivity index (χ2v) is 47.5. The molecule has 110 valence electrons. The highest BCUT2D eigenvalue weighted by molar-refractivity contribution is 9.00. The van der Waals surface area contributed by atoms with Crippen molar-refractivity contribution < 1.29 is 0 Å². The largest absolute Gasteiger partial charge is 0.253 e. The number of hydrogen-bond donors (Lipinski definition) is 0. The third-order valence-electron chi connectivity index (χ3n) is 4.41. The molecule has 4 rings (SSSR count). The van der Waals surface area contributed by atoms with E-state index in [4.69, 9.17) is 0 Å². The lowest BCUT2D eigenvalue weighted by molar-refractivity contribution is 1.47. The third-order valence-corrected chi connectivity index (χ3v) is 75.1. The fourth-order valence-electron chi connectivity index (χ4n) is 4.61. The van der Waals surface area contributed by atoms with Gasteiger partial charge in [0.15, 0.2) is 0 Å². The molecule has 0 spiro atoms. The lowest BCUT2D eigenvalue weighted by Gasteiger charge is -2.64. The maximum atomic E-state index is 2.69. The molecule has 1 aromatic rings. The summed E-state index contributed by atoms with van der Waals surface area (Å²) in [6.07, 6.45) is 0. The summed E-state index contributed by atoms with van der Waals surface area (Å²) in [4.78, 5) is 1.15. The van der Waals surface area contributed by atoms with Crippen LogP contribution >= 0.6 is 32.0 Å². The van der Waals surface area contributed by atoms with Crippen molar-refractivity contribution in [2.45, 2.75) is 44.1 Å². The molecule has 20 heavy (non-hydrogen) atoms. The zero-order valence-corrected chi connectivity index (χ0v) is 19.6. The summed E-state index contributed by atoms with van der Waals surface area (Å²) in [5.74, 6) is 0. The predicted octanol–water partition coefficient (Wildman–Crippen LogP) is 5.12. The first kappa shape index (κ1) is 16.0. The van der Waals surface area contributed by atoms with Crippen LogP contribution in [0.15, 0.2) is 30.3 Å². The maximum Gasteiger partial charge on any atom is 0.253 e. The van der Waals surface area contributed by atoms with Crippen LogP contribution in [0.25, 0.3) is 0 Å². The Kier molecular flexibility index (Phi) is 3.85.